The van der Waals surface area contributed by atoms with Crippen LogP contribution in [0, 0.1) is 6.92 Å². The van der Waals surface area contributed by atoms with Gasteiger partial charge in [0.1, 0.15) is 11.3 Å². The predicted molar refractivity (Wildman–Crippen MR) is 85.1 cm³/mol. The zero-order valence-electron chi connectivity index (χ0n) is 11.0. The summed E-state index contributed by atoms with van der Waals surface area (Å²) in [6, 6.07) is 10.2. The molecule has 3 nitrogen and oxygen atoms in total. The molecule has 0 bridgehead atoms. The average Bonchev–Trinajstić information content (AvgIpc) is 2.78. The number of aryl methyl sites for hydroxylation is 1. The number of rotatable bonds is 3. The lowest BCUT2D eigenvalue weighted by Crippen LogP contribution is -2.05. The van der Waals surface area contributed by atoms with Gasteiger partial charge in [-0.1, -0.05) is 34.1 Å². The van der Waals surface area contributed by atoms with E-state index in [1.54, 1.807) is 0 Å². The summed E-state index contributed by atoms with van der Waals surface area (Å²) in [5.41, 5.74) is 4.06. The van der Waals surface area contributed by atoms with Gasteiger partial charge in [0.15, 0.2) is 5.65 Å². The van der Waals surface area contributed by atoms with Gasteiger partial charge in [0.2, 0.25) is 0 Å². The van der Waals surface area contributed by atoms with Crippen LogP contribution in [-0.2, 0) is 12.4 Å². The van der Waals surface area contributed by atoms with E-state index in [2.05, 4.69) is 36.5 Å². The van der Waals surface area contributed by atoms with E-state index in [1.807, 2.05) is 37.4 Å². The maximum atomic E-state index is 6.03. The van der Waals surface area contributed by atoms with E-state index in [4.69, 9.17) is 11.6 Å². The predicted octanol–water partition coefficient (Wildman–Crippen LogP) is 4.29. The molecular weight excluding hydrogens is 338 g/mol. The Kier molecular flexibility index (Phi) is 3.76. The number of hydrogen-bond acceptors (Lipinski definition) is 2. The molecule has 0 atom stereocenters. The molecule has 2 aromatic heterocycles. The molecular formula is C15H13BrClN3. The van der Waals surface area contributed by atoms with Gasteiger partial charge in [0.25, 0.3) is 0 Å². The Hall–Kier alpha value is -1.39. The Morgan fingerprint density at radius 1 is 1.30 bits per heavy atom. The first-order valence-electron chi connectivity index (χ1n) is 6.30. The van der Waals surface area contributed by atoms with Crippen molar-refractivity contribution in [3.05, 3.63) is 58.0 Å². The Labute approximate surface area is 130 Å². The van der Waals surface area contributed by atoms with Crippen LogP contribution < -0.4 is 0 Å². The quantitative estimate of drug-likeness (QED) is 0.660. The van der Waals surface area contributed by atoms with Crippen molar-refractivity contribution in [2.24, 2.45) is 0 Å². The van der Waals surface area contributed by atoms with E-state index >= 15 is 0 Å². The van der Waals surface area contributed by atoms with Gasteiger partial charge in [0, 0.05) is 10.7 Å². The molecule has 0 saturated carbocycles. The number of hydrogen-bond donors (Lipinski definition) is 0. The first kappa shape index (κ1) is 13.6. The van der Waals surface area contributed by atoms with Crippen LogP contribution in [0.4, 0.5) is 0 Å². The molecule has 102 valence electrons. The second kappa shape index (κ2) is 5.54. The Morgan fingerprint density at radius 2 is 2.10 bits per heavy atom. The third-order valence-electron chi connectivity index (χ3n) is 3.21. The summed E-state index contributed by atoms with van der Waals surface area (Å²) in [7, 11) is 0. The van der Waals surface area contributed by atoms with Gasteiger partial charge in [-0.15, -0.1) is 11.6 Å². The van der Waals surface area contributed by atoms with Gasteiger partial charge in [-0.05, 0) is 30.2 Å². The number of benzene rings is 1. The highest BCUT2D eigenvalue weighted by Crippen LogP contribution is 2.22. The van der Waals surface area contributed by atoms with Crippen molar-refractivity contribution in [2.75, 3.05) is 0 Å². The van der Waals surface area contributed by atoms with Crippen LogP contribution in [-0.4, -0.2) is 14.5 Å². The topological polar surface area (TPSA) is 30.7 Å². The molecule has 0 radical (unpaired) electrons. The zero-order valence-corrected chi connectivity index (χ0v) is 13.3. The second-order valence-electron chi connectivity index (χ2n) is 4.69. The molecule has 0 spiro atoms. The molecule has 1 aromatic carbocycles. The summed E-state index contributed by atoms with van der Waals surface area (Å²) in [6.45, 7) is 2.72. The van der Waals surface area contributed by atoms with E-state index in [9.17, 15) is 0 Å². The smallest absolute Gasteiger partial charge is 0.160 e. The van der Waals surface area contributed by atoms with Crippen molar-refractivity contribution in [3.8, 4) is 0 Å². The van der Waals surface area contributed by atoms with E-state index in [1.165, 1.54) is 5.56 Å². The van der Waals surface area contributed by atoms with Crippen molar-refractivity contribution >= 4 is 38.7 Å². The molecule has 0 amide bonds. The maximum Gasteiger partial charge on any atom is 0.160 e. The van der Waals surface area contributed by atoms with E-state index in [0.717, 1.165) is 27.0 Å². The monoisotopic (exact) mass is 349 g/mol. The van der Waals surface area contributed by atoms with Crippen LogP contribution in [0.15, 0.2) is 41.0 Å². The molecule has 3 rings (SSSR count). The Balaban J connectivity index is 2.12. The molecule has 0 aliphatic rings. The fourth-order valence-corrected chi connectivity index (χ4v) is 2.84. The summed E-state index contributed by atoms with van der Waals surface area (Å²) in [5.74, 6) is 1.22. The molecule has 0 aliphatic carbocycles. The van der Waals surface area contributed by atoms with Crippen molar-refractivity contribution in [1.29, 1.82) is 0 Å². The molecule has 2 heterocycles. The molecule has 5 heteroatoms. The lowest BCUT2D eigenvalue weighted by Gasteiger charge is -2.09. The van der Waals surface area contributed by atoms with Crippen LogP contribution in [0.5, 0.6) is 0 Å². The number of pyridine rings is 1. The molecule has 0 aliphatic heterocycles. The van der Waals surface area contributed by atoms with E-state index < -0.39 is 0 Å². The standard InChI is InChI=1S/C15H13BrClN3/c1-10-6-13-15(18-8-10)20(14(7-17)19-13)9-11-4-2-3-5-12(11)16/h2-6,8H,7,9H2,1H3. The van der Waals surface area contributed by atoms with Crippen LogP contribution >= 0.6 is 27.5 Å². The maximum absolute atomic E-state index is 6.03. The number of fused-ring (bicyclic) bond motifs is 1. The van der Waals surface area contributed by atoms with Gasteiger partial charge in [-0.2, -0.15) is 0 Å². The van der Waals surface area contributed by atoms with E-state index in [-0.39, 0.29) is 0 Å². The number of alkyl halides is 1. The Morgan fingerprint density at radius 3 is 2.85 bits per heavy atom. The summed E-state index contributed by atoms with van der Waals surface area (Å²) >= 11 is 9.60. The third kappa shape index (κ3) is 2.45. The lowest BCUT2D eigenvalue weighted by molar-refractivity contribution is 0.768. The number of aromatic nitrogens is 3. The van der Waals surface area contributed by atoms with E-state index in [0.29, 0.717) is 12.4 Å². The number of halogens is 2. The van der Waals surface area contributed by atoms with Crippen LogP contribution in [0.3, 0.4) is 0 Å². The van der Waals surface area contributed by atoms with Gasteiger partial charge < -0.3 is 4.57 Å². The van der Waals surface area contributed by atoms with Crippen molar-refractivity contribution < 1.29 is 0 Å². The van der Waals surface area contributed by atoms with Crippen molar-refractivity contribution in [2.45, 2.75) is 19.3 Å². The van der Waals surface area contributed by atoms with Crippen LogP contribution in [0.1, 0.15) is 17.0 Å². The second-order valence-corrected chi connectivity index (χ2v) is 5.82. The number of imidazole rings is 1. The summed E-state index contributed by atoms with van der Waals surface area (Å²) in [6.07, 6.45) is 1.86. The molecule has 20 heavy (non-hydrogen) atoms. The van der Waals surface area contributed by atoms with Crippen molar-refractivity contribution in [1.82, 2.24) is 14.5 Å². The highest BCUT2D eigenvalue weighted by molar-refractivity contribution is 9.10. The first-order chi connectivity index (χ1) is 9.69. The molecule has 0 unspecified atom stereocenters. The van der Waals surface area contributed by atoms with Gasteiger partial charge in [0.05, 0.1) is 12.4 Å². The van der Waals surface area contributed by atoms with Crippen LogP contribution in [0.25, 0.3) is 11.2 Å². The average molecular weight is 351 g/mol. The van der Waals surface area contributed by atoms with Crippen LogP contribution in [0.2, 0.25) is 0 Å². The lowest BCUT2D eigenvalue weighted by atomic mass is 10.2. The minimum Gasteiger partial charge on any atom is -0.307 e. The van der Waals surface area contributed by atoms with Gasteiger partial charge in [-0.25, -0.2) is 9.97 Å². The highest BCUT2D eigenvalue weighted by Gasteiger charge is 2.12. The third-order valence-corrected chi connectivity index (χ3v) is 4.22. The SMILES string of the molecule is Cc1cnc2c(c1)nc(CCl)n2Cc1ccccc1Br. The molecule has 0 saturated heterocycles. The van der Waals surface area contributed by atoms with Gasteiger partial charge in [-0.3, -0.25) is 0 Å². The summed E-state index contributed by atoms with van der Waals surface area (Å²) in [4.78, 5) is 9.07. The molecule has 3 aromatic rings. The highest BCUT2D eigenvalue weighted by atomic mass is 79.9. The Bertz CT molecular complexity index is 767. The fraction of sp³-hybridized carbons (Fsp3) is 0.200. The zero-order chi connectivity index (χ0) is 14.1. The fourth-order valence-electron chi connectivity index (χ4n) is 2.22. The first-order valence-corrected chi connectivity index (χ1v) is 7.63. The van der Waals surface area contributed by atoms with Crippen molar-refractivity contribution in [3.63, 3.8) is 0 Å². The largest absolute Gasteiger partial charge is 0.307 e. The molecule has 0 N–H and O–H groups in total. The van der Waals surface area contributed by atoms with Gasteiger partial charge >= 0.3 is 0 Å². The summed E-state index contributed by atoms with van der Waals surface area (Å²) < 4.78 is 3.15. The minimum atomic E-state index is 0.375. The number of nitrogens with zero attached hydrogens (tertiary/aromatic N) is 3. The minimum absolute atomic E-state index is 0.375. The molecule has 0 fully saturated rings. The summed E-state index contributed by atoms with van der Waals surface area (Å²) in [5, 5.41) is 0. The normalized spacial score (nSPS) is 11.2.